The molecule has 6 nitrogen and oxygen atoms in total. The summed E-state index contributed by atoms with van der Waals surface area (Å²) in [6.07, 6.45) is 2.35. The highest BCUT2D eigenvalue weighted by Gasteiger charge is 2.22. The number of hydrogen-bond acceptors (Lipinski definition) is 6. The highest BCUT2D eigenvalue weighted by atomic mass is 32.1. The van der Waals surface area contributed by atoms with E-state index < -0.39 is 5.09 Å². The van der Waals surface area contributed by atoms with Gasteiger partial charge in [0, 0.05) is 23.3 Å². The zero-order chi connectivity index (χ0) is 13.8. The van der Waals surface area contributed by atoms with Crippen LogP contribution < -0.4 is 5.32 Å². The molecule has 1 aromatic heterocycles. The smallest absolute Gasteiger partial charge is 0.294 e. The lowest BCUT2D eigenvalue weighted by atomic mass is 10.0. The second-order valence-corrected chi connectivity index (χ2v) is 6.03. The zero-order valence-corrected chi connectivity index (χ0v) is 12.0. The van der Waals surface area contributed by atoms with E-state index in [1.165, 1.54) is 12.8 Å². The first kappa shape index (κ1) is 14.2. The highest BCUT2D eigenvalue weighted by molar-refractivity contribution is 7.12. The van der Waals surface area contributed by atoms with Gasteiger partial charge in [-0.05, 0) is 26.3 Å². The first-order valence-electron chi connectivity index (χ1n) is 6.53. The van der Waals surface area contributed by atoms with Crippen LogP contribution in [0.25, 0.3) is 0 Å². The number of aromatic nitrogens is 1. The molecule has 0 spiro atoms. The van der Waals surface area contributed by atoms with E-state index in [0.717, 1.165) is 28.7 Å². The zero-order valence-electron chi connectivity index (χ0n) is 11.2. The third kappa shape index (κ3) is 3.63. The molecule has 1 aliphatic heterocycles. The van der Waals surface area contributed by atoms with Gasteiger partial charge in [-0.15, -0.1) is 21.5 Å². The van der Waals surface area contributed by atoms with E-state index in [-0.39, 0.29) is 12.5 Å². The van der Waals surface area contributed by atoms with Gasteiger partial charge in [0.25, 0.3) is 5.09 Å². The topological polar surface area (TPSA) is 77.3 Å². The summed E-state index contributed by atoms with van der Waals surface area (Å²) in [4.78, 5) is 20.4. The van der Waals surface area contributed by atoms with Crippen LogP contribution in [0, 0.1) is 17.0 Å². The van der Waals surface area contributed by atoms with Crippen LogP contribution in [0.15, 0.2) is 0 Å². The van der Waals surface area contributed by atoms with E-state index >= 15 is 0 Å². The lowest BCUT2D eigenvalue weighted by molar-refractivity contribution is -0.758. The van der Waals surface area contributed by atoms with E-state index in [1.807, 2.05) is 13.8 Å². The summed E-state index contributed by atoms with van der Waals surface area (Å²) in [6, 6.07) is 0. The number of thiazole rings is 1. The lowest BCUT2D eigenvalue weighted by Crippen LogP contribution is -2.28. The minimum atomic E-state index is -0.737. The fourth-order valence-electron chi connectivity index (χ4n) is 2.37. The summed E-state index contributed by atoms with van der Waals surface area (Å²) < 4.78 is 0. The van der Waals surface area contributed by atoms with Gasteiger partial charge in [0.15, 0.2) is 0 Å². The molecule has 0 aromatic carbocycles. The van der Waals surface area contributed by atoms with E-state index in [0.29, 0.717) is 5.92 Å². The van der Waals surface area contributed by atoms with Gasteiger partial charge in [-0.3, -0.25) is 0 Å². The van der Waals surface area contributed by atoms with Gasteiger partial charge in [0.2, 0.25) is 0 Å². The quantitative estimate of drug-likeness (QED) is 0.663. The van der Waals surface area contributed by atoms with Gasteiger partial charge in [0.1, 0.15) is 6.61 Å². The number of rotatable bonds is 5. The maximum Gasteiger partial charge on any atom is 0.294 e. The molecule has 1 fully saturated rings. The fourth-order valence-corrected chi connectivity index (χ4v) is 3.61. The van der Waals surface area contributed by atoms with Crippen molar-refractivity contribution < 1.29 is 9.92 Å². The second-order valence-electron chi connectivity index (χ2n) is 4.97. The third-order valence-electron chi connectivity index (χ3n) is 3.37. The minimum Gasteiger partial charge on any atom is -0.316 e. The number of aryl methyl sites for hydroxylation is 1. The van der Waals surface area contributed by atoms with Crippen molar-refractivity contribution in [3.8, 4) is 0 Å². The van der Waals surface area contributed by atoms with Crippen LogP contribution in [-0.4, -0.2) is 29.8 Å². The molecule has 2 unspecified atom stereocenters. The van der Waals surface area contributed by atoms with Crippen molar-refractivity contribution in [1.29, 1.82) is 0 Å². The molecule has 2 rings (SSSR count). The molecule has 7 heteroatoms. The van der Waals surface area contributed by atoms with Crippen LogP contribution in [-0.2, 0) is 4.84 Å². The van der Waals surface area contributed by atoms with Crippen LogP contribution >= 0.6 is 11.3 Å². The number of nitrogens with one attached hydrogen (secondary N) is 1. The lowest BCUT2D eigenvalue weighted by Gasteiger charge is -2.20. The standard InChI is InChI=1S/C12H19N3O3S/c1-8(7-18-15(16)17)11-9(2)14-12(19-11)10-4-3-5-13-6-10/h8,10,13H,3-7H2,1-2H3. The average Bonchev–Trinajstić information content (AvgIpc) is 2.79. The Morgan fingerprint density at radius 1 is 1.68 bits per heavy atom. The maximum atomic E-state index is 10.2. The van der Waals surface area contributed by atoms with E-state index in [4.69, 9.17) is 0 Å². The molecule has 0 saturated carbocycles. The Morgan fingerprint density at radius 3 is 3.11 bits per heavy atom. The second kappa shape index (κ2) is 6.29. The van der Waals surface area contributed by atoms with Gasteiger partial charge >= 0.3 is 0 Å². The third-order valence-corrected chi connectivity index (χ3v) is 4.92. The predicted molar refractivity (Wildman–Crippen MR) is 73.1 cm³/mol. The fraction of sp³-hybridized carbons (Fsp3) is 0.750. The van der Waals surface area contributed by atoms with Crippen molar-refractivity contribution in [3.05, 3.63) is 25.7 Å². The normalized spacial score (nSPS) is 21.1. The molecule has 1 aliphatic rings. The largest absolute Gasteiger partial charge is 0.316 e. The van der Waals surface area contributed by atoms with Gasteiger partial charge in [0.05, 0.1) is 10.7 Å². The molecular weight excluding hydrogens is 266 g/mol. The van der Waals surface area contributed by atoms with Crippen LogP contribution in [0.3, 0.4) is 0 Å². The summed E-state index contributed by atoms with van der Waals surface area (Å²) in [5, 5.41) is 14.0. The van der Waals surface area contributed by atoms with Crippen LogP contribution in [0.2, 0.25) is 0 Å². The Balaban J connectivity index is 2.04. The monoisotopic (exact) mass is 285 g/mol. The van der Waals surface area contributed by atoms with Gasteiger partial charge in [-0.2, -0.15) is 0 Å². The molecule has 0 amide bonds. The highest BCUT2D eigenvalue weighted by Crippen LogP contribution is 2.33. The number of hydrogen-bond donors (Lipinski definition) is 1. The Hall–Kier alpha value is -1.21. The molecule has 0 bridgehead atoms. The Labute approximate surface area is 116 Å². The van der Waals surface area contributed by atoms with E-state index in [2.05, 4.69) is 15.1 Å². The van der Waals surface area contributed by atoms with Crippen molar-refractivity contribution >= 4 is 11.3 Å². The van der Waals surface area contributed by atoms with Crippen molar-refractivity contribution in [2.75, 3.05) is 19.7 Å². The van der Waals surface area contributed by atoms with Crippen LogP contribution in [0.1, 0.15) is 47.2 Å². The van der Waals surface area contributed by atoms with Crippen molar-refractivity contribution in [3.63, 3.8) is 0 Å². The average molecular weight is 285 g/mol. The SMILES string of the molecule is Cc1nc(C2CCCNC2)sc1C(C)CO[N+](=O)[O-]. The van der Waals surface area contributed by atoms with Gasteiger partial charge < -0.3 is 10.2 Å². The van der Waals surface area contributed by atoms with Crippen molar-refractivity contribution in [1.82, 2.24) is 10.3 Å². The van der Waals surface area contributed by atoms with Gasteiger partial charge in [-0.1, -0.05) is 6.92 Å². The Bertz CT molecular complexity index is 443. The minimum absolute atomic E-state index is 0.00759. The first-order valence-corrected chi connectivity index (χ1v) is 7.34. The summed E-state index contributed by atoms with van der Waals surface area (Å²) in [5.74, 6) is 0.489. The van der Waals surface area contributed by atoms with Crippen LogP contribution in [0.4, 0.5) is 0 Å². The van der Waals surface area contributed by atoms with Crippen molar-refractivity contribution in [2.24, 2.45) is 0 Å². The molecule has 19 heavy (non-hydrogen) atoms. The Morgan fingerprint density at radius 2 is 2.47 bits per heavy atom. The van der Waals surface area contributed by atoms with E-state index in [1.54, 1.807) is 11.3 Å². The molecule has 1 saturated heterocycles. The van der Waals surface area contributed by atoms with Crippen molar-refractivity contribution in [2.45, 2.75) is 38.5 Å². The number of nitrogens with zero attached hydrogens (tertiary/aromatic N) is 2. The molecule has 2 heterocycles. The van der Waals surface area contributed by atoms with Gasteiger partial charge in [-0.25, -0.2) is 4.98 Å². The first-order chi connectivity index (χ1) is 9.08. The van der Waals surface area contributed by atoms with Crippen LogP contribution in [0.5, 0.6) is 0 Å². The predicted octanol–water partition coefficient (Wildman–Crippen LogP) is 2.23. The molecule has 0 radical (unpaired) electrons. The number of piperidine rings is 1. The maximum absolute atomic E-state index is 10.2. The molecule has 1 aromatic rings. The summed E-state index contributed by atoms with van der Waals surface area (Å²) >= 11 is 1.67. The Kier molecular flexibility index (Phi) is 4.71. The molecule has 2 atom stereocenters. The molecule has 0 aliphatic carbocycles. The summed E-state index contributed by atoms with van der Waals surface area (Å²) in [5.41, 5.74) is 0.977. The molecule has 106 valence electrons. The summed E-state index contributed by atoms with van der Waals surface area (Å²) in [6.45, 7) is 6.06. The summed E-state index contributed by atoms with van der Waals surface area (Å²) in [7, 11) is 0. The molecular formula is C12H19N3O3S. The molecule has 1 N–H and O–H groups in total. The van der Waals surface area contributed by atoms with E-state index in [9.17, 15) is 10.1 Å².